The van der Waals surface area contributed by atoms with Gasteiger partial charge in [0.05, 0.1) is 10.9 Å². The molecule has 0 radical (unpaired) electrons. The molecule has 2 atom stereocenters. The lowest BCUT2D eigenvalue weighted by Crippen LogP contribution is -2.36. The third-order valence-corrected chi connectivity index (χ3v) is 4.13. The van der Waals surface area contributed by atoms with Crippen molar-refractivity contribution in [2.75, 3.05) is 0 Å². The quantitative estimate of drug-likeness (QED) is 0.897. The van der Waals surface area contributed by atoms with Crippen LogP contribution in [0.4, 0.5) is 0 Å². The van der Waals surface area contributed by atoms with Gasteiger partial charge in [-0.1, -0.05) is 25.5 Å². The van der Waals surface area contributed by atoms with Crippen molar-refractivity contribution in [2.45, 2.75) is 32.7 Å². The summed E-state index contributed by atoms with van der Waals surface area (Å²) in [5.74, 6) is 1.16. The number of benzene rings is 1. The lowest BCUT2D eigenvalue weighted by Gasteiger charge is -2.11. The molecule has 1 aromatic carbocycles. The molecule has 0 bridgehead atoms. The number of aromatic nitrogens is 2. The van der Waals surface area contributed by atoms with E-state index in [0.29, 0.717) is 29.3 Å². The van der Waals surface area contributed by atoms with E-state index >= 15 is 0 Å². The van der Waals surface area contributed by atoms with Crippen molar-refractivity contribution >= 4 is 10.9 Å². The van der Waals surface area contributed by atoms with Crippen LogP contribution in [-0.4, -0.2) is 9.55 Å². The molecule has 1 aromatic heterocycles. The van der Waals surface area contributed by atoms with Gasteiger partial charge in [0.1, 0.15) is 0 Å². The van der Waals surface area contributed by atoms with Crippen LogP contribution in [-0.2, 0) is 6.54 Å². The Kier molecular flexibility index (Phi) is 3.01. The molecule has 1 saturated carbocycles. The summed E-state index contributed by atoms with van der Waals surface area (Å²) >= 11 is 0. The minimum Gasteiger partial charge on any atom is -0.307 e. The summed E-state index contributed by atoms with van der Waals surface area (Å²) in [6, 6.07) is 7.17. The van der Waals surface area contributed by atoms with E-state index in [-0.39, 0.29) is 11.2 Å². The van der Waals surface area contributed by atoms with Crippen LogP contribution in [0.2, 0.25) is 0 Å². The number of H-pyrrole nitrogens is 1. The molecule has 0 aliphatic heterocycles. The van der Waals surface area contributed by atoms with E-state index in [2.05, 4.69) is 11.9 Å². The number of nitrogens with one attached hydrogen (secondary N) is 1. The number of fused-ring (bicyclic) bond motifs is 1. The van der Waals surface area contributed by atoms with Crippen molar-refractivity contribution in [3.63, 3.8) is 0 Å². The maximum atomic E-state index is 12.4. The van der Waals surface area contributed by atoms with Crippen molar-refractivity contribution in [1.29, 1.82) is 0 Å². The summed E-state index contributed by atoms with van der Waals surface area (Å²) < 4.78 is 1.37. The van der Waals surface area contributed by atoms with Crippen molar-refractivity contribution in [3.8, 4) is 0 Å². The van der Waals surface area contributed by atoms with Crippen LogP contribution in [0.25, 0.3) is 10.9 Å². The summed E-state index contributed by atoms with van der Waals surface area (Å²) in [4.78, 5) is 27.2. The Labute approximate surface area is 111 Å². The van der Waals surface area contributed by atoms with Gasteiger partial charge in [-0.15, -0.1) is 0 Å². The average molecular weight is 258 g/mol. The summed E-state index contributed by atoms with van der Waals surface area (Å²) in [5, 5.41) is 0.591. The van der Waals surface area contributed by atoms with Gasteiger partial charge in [-0.05, 0) is 36.8 Å². The zero-order chi connectivity index (χ0) is 13.4. The molecule has 1 heterocycles. The Morgan fingerprint density at radius 2 is 2.05 bits per heavy atom. The topological polar surface area (TPSA) is 54.9 Å². The molecule has 0 amide bonds. The van der Waals surface area contributed by atoms with Gasteiger partial charge in [0.25, 0.3) is 5.56 Å². The first-order valence-corrected chi connectivity index (χ1v) is 6.87. The first-order valence-electron chi connectivity index (χ1n) is 6.87. The molecular weight excluding hydrogens is 240 g/mol. The largest absolute Gasteiger partial charge is 0.328 e. The Bertz CT molecular complexity index is 714. The summed E-state index contributed by atoms with van der Waals surface area (Å²) in [6.07, 6.45) is 3.42. The zero-order valence-corrected chi connectivity index (χ0v) is 11.1. The molecule has 1 aliphatic rings. The normalized spacial score (nSPS) is 23.0. The van der Waals surface area contributed by atoms with Crippen molar-refractivity contribution < 1.29 is 0 Å². The van der Waals surface area contributed by atoms with Crippen molar-refractivity contribution in [3.05, 3.63) is 45.1 Å². The van der Waals surface area contributed by atoms with E-state index in [0.717, 1.165) is 12.8 Å². The second kappa shape index (κ2) is 4.68. The molecule has 0 saturated heterocycles. The van der Waals surface area contributed by atoms with Gasteiger partial charge < -0.3 is 4.98 Å². The minimum atomic E-state index is -0.289. The Hall–Kier alpha value is -1.84. The summed E-state index contributed by atoms with van der Waals surface area (Å²) in [6.45, 7) is 2.77. The highest BCUT2D eigenvalue weighted by atomic mass is 16.2. The first kappa shape index (κ1) is 12.2. The molecule has 1 aliphatic carbocycles. The third kappa shape index (κ3) is 2.23. The fourth-order valence-electron chi connectivity index (χ4n) is 3.11. The zero-order valence-electron chi connectivity index (χ0n) is 11.1. The maximum Gasteiger partial charge on any atom is 0.328 e. The predicted molar refractivity (Wildman–Crippen MR) is 75.3 cm³/mol. The van der Waals surface area contributed by atoms with E-state index in [9.17, 15) is 9.59 Å². The fourth-order valence-corrected chi connectivity index (χ4v) is 3.11. The van der Waals surface area contributed by atoms with E-state index in [1.165, 1.54) is 11.0 Å². The average Bonchev–Trinajstić information content (AvgIpc) is 2.80. The van der Waals surface area contributed by atoms with Crippen LogP contribution in [0.15, 0.2) is 33.9 Å². The Morgan fingerprint density at radius 3 is 2.79 bits per heavy atom. The molecule has 2 unspecified atom stereocenters. The van der Waals surface area contributed by atoms with Gasteiger partial charge in [-0.25, -0.2) is 4.79 Å². The van der Waals surface area contributed by atoms with Gasteiger partial charge in [0, 0.05) is 6.54 Å². The molecule has 2 aromatic rings. The number of aromatic amines is 1. The SMILES string of the molecule is CC1CCC(Cn2c(=O)[nH]c3ccccc3c2=O)C1. The third-order valence-electron chi connectivity index (χ3n) is 4.13. The molecule has 4 heteroatoms. The van der Waals surface area contributed by atoms with E-state index in [4.69, 9.17) is 0 Å². The van der Waals surface area contributed by atoms with Crippen molar-refractivity contribution in [1.82, 2.24) is 9.55 Å². The number of para-hydroxylation sites is 1. The second-order valence-electron chi connectivity index (χ2n) is 5.68. The molecule has 4 nitrogen and oxygen atoms in total. The molecule has 100 valence electrons. The summed E-state index contributed by atoms with van der Waals surface area (Å²) in [5.41, 5.74) is 0.163. The fraction of sp³-hybridized carbons (Fsp3) is 0.467. The molecule has 3 rings (SSSR count). The smallest absolute Gasteiger partial charge is 0.307 e. The van der Waals surface area contributed by atoms with Gasteiger partial charge >= 0.3 is 5.69 Å². The Balaban J connectivity index is 2.04. The summed E-state index contributed by atoms with van der Waals surface area (Å²) in [7, 11) is 0. The molecule has 19 heavy (non-hydrogen) atoms. The monoisotopic (exact) mass is 258 g/mol. The van der Waals surface area contributed by atoms with E-state index in [1.807, 2.05) is 12.1 Å². The molecule has 0 spiro atoms. The molecular formula is C15H18N2O2. The van der Waals surface area contributed by atoms with Gasteiger partial charge in [-0.3, -0.25) is 9.36 Å². The number of hydrogen-bond acceptors (Lipinski definition) is 2. The van der Waals surface area contributed by atoms with Crippen LogP contribution in [0, 0.1) is 11.8 Å². The van der Waals surface area contributed by atoms with Gasteiger partial charge in [0.15, 0.2) is 0 Å². The number of hydrogen-bond donors (Lipinski definition) is 1. The highest BCUT2D eigenvalue weighted by molar-refractivity contribution is 5.76. The standard InChI is InChI=1S/C15H18N2O2/c1-10-6-7-11(8-10)9-17-14(18)12-4-2-3-5-13(12)16-15(17)19/h2-5,10-11H,6-9H2,1H3,(H,16,19). The van der Waals surface area contributed by atoms with Crippen LogP contribution in [0.5, 0.6) is 0 Å². The van der Waals surface area contributed by atoms with Gasteiger partial charge in [0.2, 0.25) is 0 Å². The molecule has 1 N–H and O–H groups in total. The van der Waals surface area contributed by atoms with E-state index < -0.39 is 0 Å². The molecule has 1 fully saturated rings. The minimum absolute atomic E-state index is 0.168. The van der Waals surface area contributed by atoms with Crippen molar-refractivity contribution in [2.24, 2.45) is 11.8 Å². The Morgan fingerprint density at radius 1 is 1.26 bits per heavy atom. The van der Waals surface area contributed by atoms with Crippen LogP contribution >= 0.6 is 0 Å². The highest BCUT2D eigenvalue weighted by Gasteiger charge is 2.22. The van der Waals surface area contributed by atoms with Crippen LogP contribution < -0.4 is 11.2 Å². The first-order chi connectivity index (χ1) is 9.15. The maximum absolute atomic E-state index is 12.4. The van der Waals surface area contributed by atoms with Crippen LogP contribution in [0.3, 0.4) is 0 Å². The number of rotatable bonds is 2. The second-order valence-corrected chi connectivity index (χ2v) is 5.68. The predicted octanol–water partition coefficient (Wildman–Crippen LogP) is 2.13. The number of nitrogens with zero attached hydrogens (tertiary/aromatic N) is 1. The van der Waals surface area contributed by atoms with Crippen LogP contribution in [0.1, 0.15) is 26.2 Å². The van der Waals surface area contributed by atoms with E-state index in [1.54, 1.807) is 12.1 Å². The lowest BCUT2D eigenvalue weighted by molar-refractivity contribution is 0.425. The highest BCUT2D eigenvalue weighted by Crippen LogP contribution is 2.30. The lowest BCUT2D eigenvalue weighted by atomic mass is 10.1. The van der Waals surface area contributed by atoms with Gasteiger partial charge in [-0.2, -0.15) is 0 Å².